The summed E-state index contributed by atoms with van der Waals surface area (Å²) in [6.45, 7) is 12.5. The molecule has 0 atom stereocenters. The van der Waals surface area contributed by atoms with Gasteiger partial charge in [0.15, 0.2) is 0 Å². The molecule has 132 valence electrons. The van der Waals surface area contributed by atoms with E-state index in [0.717, 1.165) is 0 Å². The molecule has 0 radical (unpaired) electrons. The van der Waals surface area contributed by atoms with Gasteiger partial charge in [0.1, 0.15) is 23.1 Å². The zero-order valence-corrected chi connectivity index (χ0v) is 15.1. The van der Waals surface area contributed by atoms with Crippen LogP contribution < -0.4 is 0 Å². The number of ketones is 4. The molecule has 0 rings (SSSR count). The van der Waals surface area contributed by atoms with Crippen molar-refractivity contribution in [3.05, 3.63) is 0 Å². The van der Waals surface area contributed by atoms with E-state index in [9.17, 15) is 19.2 Å². The van der Waals surface area contributed by atoms with Crippen LogP contribution in [0.5, 0.6) is 0 Å². The molecule has 0 spiro atoms. The minimum Gasteiger partial charge on any atom is -0.394 e. The molecule has 0 bridgehead atoms. The summed E-state index contributed by atoms with van der Waals surface area (Å²) in [6.07, 6.45) is -0.167. The van der Waals surface area contributed by atoms with Gasteiger partial charge in [0.05, 0.1) is 12.8 Å². The lowest BCUT2D eigenvalue weighted by Crippen LogP contribution is -1.97. The van der Waals surface area contributed by atoms with Crippen molar-refractivity contribution in [3.63, 3.8) is 0 Å². The summed E-state index contributed by atoms with van der Waals surface area (Å²) in [5.74, 6) is -0.250. The van der Waals surface area contributed by atoms with E-state index in [4.69, 9.17) is 10.2 Å². The van der Waals surface area contributed by atoms with Gasteiger partial charge in [-0.05, 0) is 55.4 Å². The molecule has 6 nitrogen and oxygen atoms in total. The maximum Gasteiger partial charge on any atom is 0.137 e. The number of aliphatic hydroxyl groups excluding tert-OH is 2. The number of carbonyl (C=O) groups excluding carboxylic acids is 4. The molecular weight excluding hydrogens is 288 g/mol. The minimum atomic E-state index is -0.167. The van der Waals surface area contributed by atoms with E-state index in [1.807, 2.05) is 0 Å². The van der Waals surface area contributed by atoms with E-state index in [2.05, 4.69) is 0 Å². The fourth-order valence-electron chi connectivity index (χ4n) is 0.701. The first-order valence-corrected chi connectivity index (χ1v) is 7.06. The van der Waals surface area contributed by atoms with Crippen molar-refractivity contribution in [3.8, 4) is 0 Å². The summed E-state index contributed by atoms with van der Waals surface area (Å²) in [6, 6.07) is 0. The number of aliphatic hydroxyl groups is 2. The second-order valence-electron chi connectivity index (χ2n) is 5.35. The number of hydrogen-bond acceptors (Lipinski definition) is 6. The Morgan fingerprint density at radius 3 is 0.682 bits per heavy atom. The quantitative estimate of drug-likeness (QED) is 0.766. The van der Waals surface area contributed by atoms with Crippen molar-refractivity contribution < 1.29 is 29.4 Å². The van der Waals surface area contributed by atoms with Gasteiger partial charge in [-0.1, -0.05) is 0 Å². The Morgan fingerprint density at radius 1 is 0.591 bits per heavy atom. The van der Waals surface area contributed by atoms with Crippen LogP contribution in [0.1, 0.15) is 68.2 Å². The monoisotopic (exact) mass is 320 g/mol. The van der Waals surface area contributed by atoms with E-state index in [0.29, 0.717) is 0 Å². The molecular formula is C16H32O6. The second-order valence-corrected chi connectivity index (χ2v) is 5.35. The molecule has 0 aliphatic carbocycles. The van der Waals surface area contributed by atoms with Gasteiger partial charge in [-0.15, -0.1) is 0 Å². The predicted molar refractivity (Wildman–Crippen MR) is 86.7 cm³/mol. The first kappa shape index (κ1) is 28.7. The Balaban J connectivity index is -0.000000102. The molecule has 0 aromatic carbocycles. The van der Waals surface area contributed by atoms with Crippen LogP contribution in [0.25, 0.3) is 0 Å². The van der Waals surface area contributed by atoms with Crippen LogP contribution in [0.4, 0.5) is 0 Å². The average Bonchev–Trinajstić information content (AvgIpc) is 2.10. The number of rotatable bonds is 4. The zero-order valence-electron chi connectivity index (χ0n) is 15.1. The molecule has 0 unspecified atom stereocenters. The first-order chi connectivity index (χ1) is 9.72. The molecule has 0 aliphatic heterocycles. The Labute approximate surface area is 133 Å². The van der Waals surface area contributed by atoms with Crippen LogP contribution in [-0.4, -0.2) is 45.6 Å². The van der Waals surface area contributed by atoms with Gasteiger partial charge < -0.3 is 10.2 Å². The van der Waals surface area contributed by atoms with Crippen molar-refractivity contribution in [1.82, 2.24) is 0 Å². The van der Waals surface area contributed by atoms with E-state index < -0.39 is 0 Å². The van der Waals surface area contributed by atoms with Crippen LogP contribution in [0.2, 0.25) is 0 Å². The lowest BCUT2D eigenvalue weighted by atomic mass is 10.2. The van der Waals surface area contributed by atoms with Gasteiger partial charge in [0, 0.05) is 12.2 Å². The molecule has 0 saturated carbocycles. The molecule has 0 fully saturated rings. The summed E-state index contributed by atoms with van der Waals surface area (Å²) in [5.41, 5.74) is 0. The Hall–Kier alpha value is -1.40. The smallest absolute Gasteiger partial charge is 0.137 e. The largest absolute Gasteiger partial charge is 0.394 e. The zero-order chi connectivity index (χ0) is 18.9. The normalized spacial score (nSPS) is 8.55. The standard InChI is InChI=1S/2C5H8O2.2C3H8O/c2*1-4(6)3-5(2)7;2*1-3(2)4/h2*3H2,1-2H3;2*3-4H,1-2H3. The number of hydrogen-bond donors (Lipinski definition) is 2. The van der Waals surface area contributed by atoms with Gasteiger partial charge >= 0.3 is 0 Å². The summed E-state index contributed by atoms with van der Waals surface area (Å²) in [4.78, 5) is 40.1. The minimum absolute atomic E-state index is 0.0625. The predicted octanol–water partition coefficient (Wildman–Crippen LogP) is 1.88. The molecule has 0 amide bonds. The topological polar surface area (TPSA) is 109 Å². The fraction of sp³-hybridized carbons (Fsp3) is 0.750. The molecule has 2 N–H and O–H groups in total. The van der Waals surface area contributed by atoms with Gasteiger partial charge in [0.2, 0.25) is 0 Å². The molecule has 0 saturated heterocycles. The third kappa shape index (κ3) is 132. The van der Waals surface area contributed by atoms with Gasteiger partial charge in [-0.3, -0.25) is 19.2 Å². The number of carbonyl (C=O) groups is 4. The molecule has 0 aliphatic rings. The van der Waals surface area contributed by atoms with Crippen molar-refractivity contribution in [1.29, 1.82) is 0 Å². The Kier molecular flexibility index (Phi) is 25.6. The third-order valence-corrected chi connectivity index (χ3v) is 0.996. The van der Waals surface area contributed by atoms with Gasteiger partial charge in [0.25, 0.3) is 0 Å². The summed E-state index contributed by atoms with van der Waals surface area (Å²) >= 11 is 0. The summed E-state index contributed by atoms with van der Waals surface area (Å²) < 4.78 is 0. The van der Waals surface area contributed by atoms with E-state index in [-0.39, 0.29) is 48.2 Å². The van der Waals surface area contributed by atoms with Gasteiger partial charge in [-0.2, -0.15) is 0 Å². The number of Topliss-reactive ketones (excluding diaryl/α,β-unsaturated/α-hetero) is 4. The highest BCUT2D eigenvalue weighted by Crippen LogP contribution is 1.80. The highest BCUT2D eigenvalue weighted by Gasteiger charge is 1.95. The van der Waals surface area contributed by atoms with Crippen LogP contribution in [0.15, 0.2) is 0 Å². The average molecular weight is 320 g/mol. The SMILES string of the molecule is CC(=O)CC(C)=O.CC(=O)CC(C)=O.CC(C)O.CC(C)O. The highest BCUT2D eigenvalue weighted by molar-refractivity contribution is 5.97. The molecule has 0 heterocycles. The van der Waals surface area contributed by atoms with Crippen molar-refractivity contribution in [2.75, 3.05) is 0 Å². The van der Waals surface area contributed by atoms with E-state index in [1.165, 1.54) is 27.7 Å². The van der Waals surface area contributed by atoms with Crippen LogP contribution >= 0.6 is 0 Å². The first-order valence-electron chi connectivity index (χ1n) is 7.06. The lowest BCUT2D eigenvalue weighted by molar-refractivity contribution is -0.126. The van der Waals surface area contributed by atoms with E-state index in [1.54, 1.807) is 27.7 Å². The molecule has 0 aromatic heterocycles. The van der Waals surface area contributed by atoms with Crippen molar-refractivity contribution in [2.24, 2.45) is 0 Å². The fourth-order valence-corrected chi connectivity index (χ4v) is 0.701. The maximum atomic E-state index is 10.0. The van der Waals surface area contributed by atoms with Crippen LogP contribution in [0.3, 0.4) is 0 Å². The van der Waals surface area contributed by atoms with Crippen LogP contribution in [0, 0.1) is 0 Å². The van der Waals surface area contributed by atoms with Crippen LogP contribution in [-0.2, 0) is 19.2 Å². The third-order valence-electron chi connectivity index (χ3n) is 0.996. The maximum absolute atomic E-state index is 10.0. The highest BCUT2D eigenvalue weighted by atomic mass is 16.3. The molecule has 6 heteroatoms. The van der Waals surface area contributed by atoms with Gasteiger partial charge in [-0.25, -0.2) is 0 Å². The summed E-state index contributed by atoms with van der Waals surface area (Å²) in [7, 11) is 0. The Morgan fingerprint density at radius 2 is 0.682 bits per heavy atom. The Bertz CT molecular complexity index is 257. The second kappa shape index (κ2) is 19.6. The molecule has 22 heavy (non-hydrogen) atoms. The van der Waals surface area contributed by atoms with E-state index >= 15 is 0 Å². The summed E-state index contributed by atoms with van der Waals surface area (Å²) in [5, 5.41) is 16.1. The van der Waals surface area contributed by atoms with Crippen molar-refractivity contribution >= 4 is 23.1 Å². The van der Waals surface area contributed by atoms with Crippen molar-refractivity contribution in [2.45, 2.75) is 80.4 Å². The lowest BCUT2D eigenvalue weighted by Gasteiger charge is -1.81. The molecule has 0 aromatic rings.